The van der Waals surface area contributed by atoms with E-state index in [1.807, 2.05) is 22.9 Å². The predicted octanol–water partition coefficient (Wildman–Crippen LogP) is 3.66. The van der Waals surface area contributed by atoms with Gasteiger partial charge in [0.2, 0.25) is 0 Å². The summed E-state index contributed by atoms with van der Waals surface area (Å²) < 4.78 is 2.74. The third-order valence-corrected chi connectivity index (χ3v) is 5.14. The van der Waals surface area contributed by atoms with E-state index in [4.69, 9.17) is 5.73 Å². The predicted molar refractivity (Wildman–Crippen MR) is 86.6 cm³/mol. The molecule has 2 aromatic rings. The van der Waals surface area contributed by atoms with Gasteiger partial charge in [-0.25, -0.2) is 4.68 Å². The van der Waals surface area contributed by atoms with Gasteiger partial charge in [0, 0.05) is 17.8 Å². The molecule has 21 heavy (non-hydrogen) atoms. The normalized spacial score (nSPS) is 15.7. The van der Waals surface area contributed by atoms with Gasteiger partial charge in [0.25, 0.3) is 0 Å². The maximum atomic E-state index is 5.93. The fraction of sp³-hybridized carbons (Fsp3) is 0.533. The average molecular weight is 350 g/mol. The lowest BCUT2D eigenvalue weighted by Crippen LogP contribution is -2.05. The molecule has 0 atom stereocenters. The molecule has 0 spiro atoms. The lowest BCUT2D eigenvalue weighted by molar-refractivity contribution is 0.444. The van der Waals surface area contributed by atoms with Gasteiger partial charge < -0.3 is 5.73 Å². The standard InChI is InChI=1S/C15H20BrN5/c16-14-12(8-3-9-13(14)17)15-18-19-20-21(15)10-4-7-11-5-1-2-6-11/h3,8-9,11H,1-2,4-7,10,17H2. The van der Waals surface area contributed by atoms with Gasteiger partial charge in [0.05, 0.1) is 4.47 Å². The highest BCUT2D eigenvalue weighted by molar-refractivity contribution is 9.10. The van der Waals surface area contributed by atoms with Crippen molar-refractivity contribution in [2.75, 3.05) is 5.73 Å². The number of rotatable bonds is 5. The second-order valence-electron chi connectivity index (χ2n) is 5.73. The van der Waals surface area contributed by atoms with Gasteiger partial charge in [-0.05, 0) is 57.2 Å². The number of halogens is 1. The molecule has 0 bridgehead atoms. The summed E-state index contributed by atoms with van der Waals surface area (Å²) in [5.41, 5.74) is 7.58. The van der Waals surface area contributed by atoms with Crippen LogP contribution in [0.2, 0.25) is 0 Å². The van der Waals surface area contributed by atoms with Gasteiger partial charge in [-0.1, -0.05) is 31.7 Å². The van der Waals surface area contributed by atoms with Gasteiger partial charge in [-0.2, -0.15) is 0 Å². The number of aryl methyl sites for hydroxylation is 1. The fourth-order valence-corrected chi connectivity index (χ4v) is 3.54. The van der Waals surface area contributed by atoms with Crippen LogP contribution in [-0.2, 0) is 6.54 Å². The second-order valence-corrected chi connectivity index (χ2v) is 6.52. The van der Waals surface area contributed by atoms with E-state index in [0.29, 0.717) is 5.69 Å². The molecule has 0 radical (unpaired) electrons. The minimum atomic E-state index is 0.702. The Kier molecular flexibility index (Phi) is 4.53. The largest absolute Gasteiger partial charge is 0.398 e. The van der Waals surface area contributed by atoms with E-state index in [1.54, 1.807) is 0 Å². The third-order valence-electron chi connectivity index (χ3n) is 4.26. The van der Waals surface area contributed by atoms with Gasteiger partial charge in [0.15, 0.2) is 5.82 Å². The summed E-state index contributed by atoms with van der Waals surface area (Å²) in [5, 5.41) is 12.1. The number of aromatic nitrogens is 4. The van der Waals surface area contributed by atoms with Crippen molar-refractivity contribution >= 4 is 21.6 Å². The van der Waals surface area contributed by atoms with E-state index in [9.17, 15) is 0 Å². The molecule has 6 heteroatoms. The summed E-state index contributed by atoms with van der Waals surface area (Å²) in [6.07, 6.45) is 7.99. The molecule has 1 aromatic heterocycles. The molecule has 1 aliphatic rings. The summed E-state index contributed by atoms with van der Waals surface area (Å²) >= 11 is 3.52. The molecule has 0 saturated heterocycles. The van der Waals surface area contributed by atoms with Gasteiger partial charge in [0.1, 0.15) is 0 Å². The molecule has 1 aromatic carbocycles. The number of nitrogens with zero attached hydrogens (tertiary/aromatic N) is 4. The lowest BCUT2D eigenvalue weighted by Gasteiger charge is -2.10. The topological polar surface area (TPSA) is 69.6 Å². The highest BCUT2D eigenvalue weighted by Gasteiger charge is 2.16. The van der Waals surface area contributed by atoms with Crippen molar-refractivity contribution in [3.05, 3.63) is 22.7 Å². The van der Waals surface area contributed by atoms with Crippen molar-refractivity contribution in [3.8, 4) is 11.4 Å². The molecule has 1 fully saturated rings. The Morgan fingerprint density at radius 2 is 2.10 bits per heavy atom. The third kappa shape index (κ3) is 3.26. The Balaban J connectivity index is 1.70. The highest BCUT2D eigenvalue weighted by atomic mass is 79.9. The number of anilines is 1. The zero-order valence-corrected chi connectivity index (χ0v) is 13.6. The maximum absolute atomic E-state index is 5.93. The van der Waals surface area contributed by atoms with Crippen molar-refractivity contribution < 1.29 is 0 Å². The minimum Gasteiger partial charge on any atom is -0.398 e. The average Bonchev–Trinajstić information content (AvgIpc) is 3.14. The van der Waals surface area contributed by atoms with Crippen LogP contribution in [0.15, 0.2) is 22.7 Å². The Hall–Kier alpha value is -1.43. The summed E-state index contributed by atoms with van der Waals surface area (Å²) in [5.74, 6) is 1.68. The number of hydrogen-bond acceptors (Lipinski definition) is 4. The fourth-order valence-electron chi connectivity index (χ4n) is 3.10. The number of hydrogen-bond donors (Lipinski definition) is 1. The first-order valence-corrected chi connectivity index (χ1v) is 8.35. The van der Waals surface area contributed by atoms with E-state index in [1.165, 1.54) is 32.1 Å². The minimum absolute atomic E-state index is 0.702. The van der Waals surface area contributed by atoms with Crippen LogP contribution < -0.4 is 5.73 Å². The summed E-state index contributed by atoms with van der Waals surface area (Å²) in [4.78, 5) is 0. The van der Waals surface area contributed by atoms with Crippen LogP contribution in [0.3, 0.4) is 0 Å². The smallest absolute Gasteiger partial charge is 0.183 e. The van der Waals surface area contributed by atoms with Gasteiger partial charge in [-0.3, -0.25) is 0 Å². The van der Waals surface area contributed by atoms with E-state index in [2.05, 4.69) is 31.5 Å². The van der Waals surface area contributed by atoms with Gasteiger partial charge in [-0.15, -0.1) is 5.10 Å². The molecule has 1 aliphatic carbocycles. The maximum Gasteiger partial charge on any atom is 0.183 e. The first-order chi connectivity index (χ1) is 10.3. The molecule has 3 rings (SSSR count). The Bertz CT molecular complexity index is 604. The van der Waals surface area contributed by atoms with Crippen molar-refractivity contribution in [1.29, 1.82) is 0 Å². The number of nitrogens with two attached hydrogens (primary N) is 1. The van der Waals surface area contributed by atoms with Crippen LogP contribution in [0, 0.1) is 5.92 Å². The molecule has 0 unspecified atom stereocenters. The lowest BCUT2D eigenvalue weighted by atomic mass is 10.0. The summed E-state index contributed by atoms with van der Waals surface area (Å²) in [6.45, 7) is 0.861. The first-order valence-electron chi connectivity index (χ1n) is 7.56. The molecule has 0 aliphatic heterocycles. The van der Waals surface area contributed by atoms with Crippen LogP contribution in [0.5, 0.6) is 0 Å². The van der Waals surface area contributed by atoms with Crippen molar-refractivity contribution in [3.63, 3.8) is 0 Å². The number of tetrazole rings is 1. The summed E-state index contributed by atoms with van der Waals surface area (Å²) in [6, 6.07) is 5.77. The van der Waals surface area contributed by atoms with E-state index >= 15 is 0 Å². The Morgan fingerprint density at radius 3 is 2.90 bits per heavy atom. The zero-order chi connectivity index (χ0) is 14.7. The molecule has 1 heterocycles. The zero-order valence-electron chi connectivity index (χ0n) is 12.0. The van der Waals surface area contributed by atoms with Crippen LogP contribution in [0.4, 0.5) is 5.69 Å². The quantitative estimate of drug-likeness (QED) is 0.836. The number of benzene rings is 1. The van der Waals surface area contributed by atoms with E-state index in [-0.39, 0.29) is 0 Å². The van der Waals surface area contributed by atoms with Crippen LogP contribution in [0.25, 0.3) is 11.4 Å². The molecule has 5 nitrogen and oxygen atoms in total. The Morgan fingerprint density at radius 1 is 1.29 bits per heavy atom. The molecule has 2 N–H and O–H groups in total. The van der Waals surface area contributed by atoms with Crippen molar-refractivity contribution in [2.45, 2.75) is 45.1 Å². The molecule has 1 saturated carbocycles. The van der Waals surface area contributed by atoms with E-state index in [0.717, 1.165) is 34.7 Å². The van der Waals surface area contributed by atoms with Crippen LogP contribution in [0.1, 0.15) is 38.5 Å². The van der Waals surface area contributed by atoms with Crippen molar-refractivity contribution in [1.82, 2.24) is 20.2 Å². The highest BCUT2D eigenvalue weighted by Crippen LogP contribution is 2.32. The van der Waals surface area contributed by atoms with Crippen LogP contribution in [-0.4, -0.2) is 20.2 Å². The number of nitrogen functional groups attached to an aromatic ring is 1. The van der Waals surface area contributed by atoms with Gasteiger partial charge >= 0.3 is 0 Å². The van der Waals surface area contributed by atoms with E-state index < -0.39 is 0 Å². The molecule has 112 valence electrons. The monoisotopic (exact) mass is 349 g/mol. The Labute approximate surface area is 133 Å². The molecular weight excluding hydrogens is 330 g/mol. The summed E-state index contributed by atoms with van der Waals surface area (Å²) in [7, 11) is 0. The second kappa shape index (κ2) is 6.56. The molecular formula is C15H20BrN5. The van der Waals surface area contributed by atoms with Crippen molar-refractivity contribution in [2.24, 2.45) is 5.92 Å². The van der Waals surface area contributed by atoms with Crippen LogP contribution >= 0.6 is 15.9 Å². The first kappa shape index (κ1) is 14.5. The molecule has 0 amide bonds. The SMILES string of the molecule is Nc1cccc(-c2nnnn2CCCC2CCCC2)c1Br.